The highest BCUT2D eigenvalue weighted by Gasteiger charge is 2.15. The van der Waals surface area contributed by atoms with E-state index in [9.17, 15) is 4.79 Å². The maximum Gasteiger partial charge on any atom is 0.407 e. The summed E-state index contributed by atoms with van der Waals surface area (Å²) in [6.07, 6.45) is 30.9. The Balaban J connectivity index is 3.96. The molecule has 0 aromatic heterocycles. The first-order valence-electron chi connectivity index (χ1n) is 18.9. The molecular formula is C37H75NO6. The number of hydrogen-bond donors (Lipinski definition) is 1. The van der Waals surface area contributed by atoms with Crippen molar-refractivity contribution in [2.45, 2.75) is 174 Å². The molecular weight excluding hydrogens is 554 g/mol. The highest BCUT2D eigenvalue weighted by molar-refractivity contribution is 5.67. The van der Waals surface area contributed by atoms with Gasteiger partial charge in [-0.05, 0) is 12.8 Å². The monoisotopic (exact) mass is 630 g/mol. The first-order valence-corrected chi connectivity index (χ1v) is 18.9. The van der Waals surface area contributed by atoms with Crippen LogP contribution in [-0.4, -0.2) is 72.1 Å². The summed E-state index contributed by atoms with van der Waals surface area (Å²) in [5, 5.41) is 2.76. The summed E-state index contributed by atoms with van der Waals surface area (Å²) in [7, 11) is 1.64. The van der Waals surface area contributed by atoms with E-state index in [-0.39, 0.29) is 0 Å². The van der Waals surface area contributed by atoms with Gasteiger partial charge < -0.3 is 29.0 Å². The standard InChI is InChI=1S/C37H75NO6/c1-4-6-8-10-12-14-16-18-20-22-24-26-29-42-34-36(44-37(39)38-28-31-41-33-32-40-3)35-43-30-27-25-23-21-19-17-15-13-11-9-7-5-2/h36H,4-35H2,1-3H3,(H,38,39). The van der Waals surface area contributed by atoms with Gasteiger partial charge in [0.25, 0.3) is 0 Å². The van der Waals surface area contributed by atoms with Crippen LogP contribution in [0.25, 0.3) is 0 Å². The Morgan fingerprint density at radius 3 is 1.25 bits per heavy atom. The first-order chi connectivity index (χ1) is 21.7. The Hall–Kier alpha value is -0.890. The lowest BCUT2D eigenvalue weighted by molar-refractivity contribution is -0.0296. The fraction of sp³-hybridized carbons (Fsp3) is 0.973. The predicted octanol–water partition coefficient (Wildman–Crippen LogP) is 10.2. The summed E-state index contributed by atoms with van der Waals surface area (Å²) in [5.41, 5.74) is 0. The van der Waals surface area contributed by atoms with Gasteiger partial charge in [-0.2, -0.15) is 0 Å². The van der Waals surface area contributed by atoms with Crippen molar-refractivity contribution < 1.29 is 28.5 Å². The third-order valence-electron chi connectivity index (χ3n) is 8.11. The second-order valence-corrected chi connectivity index (χ2v) is 12.5. The van der Waals surface area contributed by atoms with E-state index in [0.29, 0.717) is 52.8 Å². The fourth-order valence-corrected chi connectivity index (χ4v) is 5.30. The van der Waals surface area contributed by atoms with Crippen molar-refractivity contribution in [2.24, 2.45) is 0 Å². The highest BCUT2D eigenvalue weighted by atomic mass is 16.6. The van der Waals surface area contributed by atoms with E-state index in [1.165, 1.54) is 141 Å². The second-order valence-electron chi connectivity index (χ2n) is 12.5. The zero-order valence-corrected chi connectivity index (χ0v) is 29.7. The van der Waals surface area contributed by atoms with Crippen LogP contribution in [0.2, 0.25) is 0 Å². The van der Waals surface area contributed by atoms with Gasteiger partial charge in [0.15, 0.2) is 6.10 Å². The SMILES string of the molecule is CCCCCCCCCCCCCCOCC(COCCCCCCCCCCCCCC)OC(=O)NCCOCCOC. The Morgan fingerprint density at radius 1 is 0.477 bits per heavy atom. The van der Waals surface area contributed by atoms with Crippen LogP contribution >= 0.6 is 0 Å². The molecule has 0 aromatic carbocycles. The van der Waals surface area contributed by atoms with Gasteiger partial charge in [0.05, 0.1) is 33.0 Å². The zero-order valence-electron chi connectivity index (χ0n) is 29.7. The second kappa shape index (κ2) is 38.3. The summed E-state index contributed by atoms with van der Waals surface area (Å²) in [5.74, 6) is 0. The lowest BCUT2D eigenvalue weighted by Crippen LogP contribution is -2.35. The number of amides is 1. The quantitative estimate of drug-likeness (QED) is 0.0689. The van der Waals surface area contributed by atoms with E-state index in [2.05, 4.69) is 19.2 Å². The number of methoxy groups -OCH3 is 1. The number of carbonyl (C=O) groups excluding carboxylic acids is 1. The highest BCUT2D eigenvalue weighted by Crippen LogP contribution is 2.13. The molecule has 1 amide bonds. The van der Waals surface area contributed by atoms with Gasteiger partial charge in [-0.15, -0.1) is 0 Å². The number of rotatable bonds is 37. The fourth-order valence-electron chi connectivity index (χ4n) is 5.30. The molecule has 0 atom stereocenters. The van der Waals surface area contributed by atoms with Crippen LogP contribution in [-0.2, 0) is 23.7 Å². The molecule has 44 heavy (non-hydrogen) atoms. The van der Waals surface area contributed by atoms with Crippen molar-refractivity contribution in [2.75, 3.05) is 59.9 Å². The molecule has 0 aromatic rings. The molecule has 0 fully saturated rings. The third kappa shape index (κ3) is 35.6. The summed E-state index contributed by atoms with van der Waals surface area (Å²) in [6, 6.07) is 0. The van der Waals surface area contributed by atoms with Gasteiger partial charge in [0, 0.05) is 26.9 Å². The van der Waals surface area contributed by atoms with Crippen LogP contribution in [0, 0.1) is 0 Å². The number of unbranched alkanes of at least 4 members (excludes halogenated alkanes) is 22. The van der Waals surface area contributed by atoms with Crippen LogP contribution < -0.4 is 5.32 Å². The summed E-state index contributed by atoms with van der Waals surface area (Å²) in [6.45, 7) is 8.56. The minimum absolute atomic E-state index is 0.369. The normalized spacial score (nSPS) is 11.5. The van der Waals surface area contributed by atoms with Gasteiger partial charge in [0.2, 0.25) is 0 Å². The Labute approximate surface area is 273 Å². The molecule has 0 radical (unpaired) electrons. The predicted molar refractivity (Wildman–Crippen MR) is 185 cm³/mol. The zero-order chi connectivity index (χ0) is 32.0. The smallest absolute Gasteiger partial charge is 0.407 e. The Bertz CT molecular complexity index is 518. The van der Waals surface area contributed by atoms with Gasteiger partial charge in [0.1, 0.15) is 0 Å². The van der Waals surface area contributed by atoms with Crippen molar-refractivity contribution in [1.29, 1.82) is 0 Å². The van der Waals surface area contributed by atoms with Crippen LogP contribution in [0.3, 0.4) is 0 Å². The largest absolute Gasteiger partial charge is 0.441 e. The molecule has 0 spiro atoms. The maximum absolute atomic E-state index is 12.3. The van der Waals surface area contributed by atoms with Crippen molar-refractivity contribution >= 4 is 6.09 Å². The molecule has 0 saturated heterocycles. The molecule has 7 heteroatoms. The number of hydrogen-bond acceptors (Lipinski definition) is 6. The van der Waals surface area contributed by atoms with Gasteiger partial charge >= 0.3 is 6.09 Å². The van der Waals surface area contributed by atoms with Crippen molar-refractivity contribution in [3.05, 3.63) is 0 Å². The topological polar surface area (TPSA) is 75.3 Å². The first kappa shape index (κ1) is 43.1. The Morgan fingerprint density at radius 2 is 0.864 bits per heavy atom. The van der Waals surface area contributed by atoms with E-state index in [4.69, 9.17) is 23.7 Å². The number of nitrogens with one attached hydrogen (secondary N) is 1. The van der Waals surface area contributed by atoms with E-state index in [1.54, 1.807) is 7.11 Å². The number of ether oxygens (including phenoxy) is 5. The van der Waals surface area contributed by atoms with E-state index in [0.717, 1.165) is 12.8 Å². The molecule has 1 N–H and O–H groups in total. The minimum Gasteiger partial charge on any atom is -0.441 e. The molecule has 0 saturated carbocycles. The van der Waals surface area contributed by atoms with Gasteiger partial charge in [-0.25, -0.2) is 4.79 Å². The van der Waals surface area contributed by atoms with Crippen LogP contribution in [0.5, 0.6) is 0 Å². The minimum atomic E-state index is -0.451. The van der Waals surface area contributed by atoms with Crippen LogP contribution in [0.4, 0.5) is 4.79 Å². The van der Waals surface area contributed by atoms with Crippen LogP contribution in [0.1, 0.15) is 168 Å². The van der Waals surface area contributed by atoms with Crippen molar-refractivity contribution in [3.8, 4) is 0 Å². The average molecular weight is 630 g/mol. The summed E-state index contributed by atoms with van der Waals surface area (Å²) in [4.78, 5) is 12.3. The van der Waals surface area contributed by atoms with Gasteiger partial charge in [-0.3, -0.25) is 0 Å². The number of alkyl carbamates (subject to hydrolysis) is 1. The molecule has 0 bridgehead atoms. The molecule has 0 aliphatic rings. The third-order valence-corrected chi connectivity index (χ3v) is 8.11. The lowest BCUT2D eigenvalue weighted by Gasteiger charge is -2.19. The lowest BCUT2D eigenvalue weighted by atomic mass is 10.1. The maximum atomic E-state index is 12.3. The average Bonchev–Trinajstić information content (AvgIpc) is 3.02. The van der Waals surface area contributed by atoms with E-state index < -0.39 is 12.2 Å². The molecule has 0 aliphatic carbocycles. The summed E-state index contributed by atoms with van der Waals surface area (Å²) >= 11 is 0. The summed E-state index contributed by atoms with van der Waals surface area (Å²) < 4.78 is 27.8. The Kier molecular flexibility index (Phi) is 37.5. The number of carbonyl (C=O) groups is 1. The molecule has 0 aliphatic heterocycles. The molecule has 0 rings (SSSR count). The molecule has 0 unspecified atom stereocenters. The van der Waals surface area contributed by atoms with Crippen LogP contribution in [0.15, 0.2) is 0 Å². The van der Waals surface area contributed by atoms with Gasteiger partial charge in [-0.1, -0.05) is 155 Å². The van der Waals surface area contributed by atoms with Crippen molar-refractivity contribution in [1.82, 2.24) is 5.32 Å². The van der Waals surface area contributed by atoms with Crippen molar-refractivity contribution in [3.63, 3.8) is 0 Å². The molecule has 0 heterocycles. The van der Waals surface area contributed by atoms with E-state index in [1.807, 2.05) is 0 Å². The van der Waals surface area contributed by atoms with E-state index >= 15 is 0 Å². The molecule has 7 nitrogen and oxygen atoms in total. The molecule has 264 valence electrons.